The quantitative estimate of drug-likeness (QED) is 0.472. The van der Waals surface area contributed by atoms with E-state index < -0.39 is 0 Å². The van der Waals surface area contributed by atoms with Gasteiger partial charge in [-0.25, -0.2) is 9.78 Å². The van der Waals surface area contributed by atoms with Crippen molar-refractivity contribution in [2.24, 2.45) is 11.3 Å². The zero-order chi connectivity index (χ0) is 30.4. The van der Waals surface area contributed by atoms with Gasteiger partial charge in [-0.15, -0.1) is 0 Å². The molecule has 3 aliphatic heterocycles. The van der Waals surface area contributed by atoms with Crippen LogP contribution in [0.15, 0.2) is 36.9 Å². The van der Waals surface area contributed by atoms with Crippen LogP contribution in [-0.4, -0.2) is 106 Å². The fraction of sp³-hybridized carbons (Fsp3) is 0.697. The summed E-state index contributed by atoms with van der Waals surface area (Å²) in [5.74, 6) is 0.857. The van der Waals surface area contributed by atoms with Crippen LogP contribution in [0, 0.1) is 11.3 Å². The average Bonchev–Trinajstić information content (AvgIpc) is 3.59. The highest BCUT2D eigenvalue weighted by Gasteiger charge is 2.44. The van der Waals surface area contributed by atoms with E-state index in [9.17, 15) is 9.59 Å². The van der Waals surface area contributed by atoms with Gasteiger partial charge in [-0.1, -0.05) is 43.0 Å². The molecule has 6 rings (SSSR count). The highest BCUT2D eigenvalue weighted by Crippen LogP contribution is 2.47. The highest BCUT2D eigenvalue weighted by molar-refractivity contribution is 6.30. The number of carbonyl (C=O) groups is 2. The topological polar surface area (TPSA) is 95.8 Å². The Morgan fingerprint density at radius 3 is 2.25 bits per heavy atom. The second kappa shape index (κ2) is 14.6. The van der Waals surface area contributed by atoms with Crippen molar-refractivity contribution in [1.82, 2.24) is 34.8 Å². The predicted octanol–water partition coefficient (Wildman–Crippen LogP) is 4.24. The van der Waals surface area contributed by atoms with Crippen LogP contribution in [0.3, 0.4) is 0 Å². The summed E-state index contributed by atoms with van der Waals surface area (Å²) in [6, 6.07) is 7.83. The van der Waals surface area contributed by atoms with Gasteiger partial charge in [0.05, 0.1) is 19.3 Å². The molecular weight excluding hydrogens is 578 g/mol. The molecule has 4 fully saturated rings. The van der Waals surface area contributed by atoms with Crippen LogP contribution in [0.1, 0.15) is 63.4 Å². The lowest BCUT2D eigenvalue weighted by Crippen LogP contribution is -2.57. The van der Waals surface area contributed by atoms with Crippen LogP contribution < -0.4 is 5.32 Å². The molecule has 44 heavy (non-hydrogen) atoms. The molecule has 2 aromatic rings. The Morgan fingerprint density at radius 1 is 0.909 bits per heavy atom. The van der Waals surface area contributed by atoms with Gasteiger partial charge < -0.3 is 24.8 Å². The summed E-state index contributed by atoms with van der Waals surface area (Å²) in [4.78, 5) is 37.5. The lowest BCUT2D eigenvalue weighted by molar-refractivity contribution is -0.137. The normalized spacial score (nSPS) is 22.6. The van der Waals surface area contributed by atoms with Gasteiger partial charge in [-0.2, -0.15) is 5.10 Å². The zero-order valence-electron chi connectivity index (χ0n) is 25.9. The number of rotatable bonds is 8. The Bertz CT molecular complexity index is 1200. The molecule has 3 amide bonds. The lowest BCUT2D eigenvalue weighted by Gasteiger charge is -2.48. The van der Waals surface area contributed by atoms with Crippen molar-refractivity contribution in [2.75, 3.05) is 52.5 Å². The van der Waals surface area contributed by atoms with E-state index in [0.717, 1.165) is 50.9 Å². The van der Waals surface area contributed by atoms with Crippen LogP contribution in [0.2, 0.25) is 5.02 Å². The van der Waals surface area contributed by atoms with Crippen LogP contribution >= 0.6 is 11.6 Å². The monoisotopic (exact) mass is 625 g/mol. The minimum absolute atomic E-state index is 0.112. The minimum atomic E-state index is -0.319. The number of amides is 3. The number of nitrogens with zero attached hydrogens (tertiary/aromatic N) is 6. The molecule has 1 N–H and O–H groups in total. The molecule has 1 aromatic heterocycles. The number of morpholine rings is 1. The highest BCUT2D eigenvalue weighted by atomic mass is 35.5. The average molecular weight is 626 g/mol. The first-order valence-electron chi connectivity index (χ1n) is 16.7. The number of benzene rings is 1. The van der Waals surface area contributed by atoms with Crippen molar-refractivity contribution in [3.8, 4) is 0 Å². The van der Waals surface area contributed by atoms with Crippen LogP contribution in [0.4, 0.5) is 4.79 Å². The first kappa shape index (κ1) is 31.3. The Morgan fingerprint density at radius 2 is 1.59 bits per heavy atom. The number of hydrogen-bond donors (Lipinski definition) is 1. The van der Waals surface area contributed by atoms with Gasteiger partial charge in [-0.05, 0) is 74.0 Å². The van der Waals surface area contributed by atoms with Crippen molar-refractivity contribution < 1.29 is 14.3 Å². The van der Waals surface area contributed by atoms with E-state index >= 15 is 0 Å². The van der Waals surface area contributed by atoms with Gasteiger partial charge in [0.25, 0.3) is 0 Å². The summed E-state index contributed by atoms with van der Waals surface area (Å²) in [5.41, 5.74) is 1.25. The van der Waals surface area contributed by atoms with Crippen molar-refractivity contribution >= 4 is 23.5 Å². The molecule has 0 bridgehead atoms. The van der Waals surface area contributed by atoms with E-state index in [-0.39, 0.29) is 29.4 Å². The van der Waals surface area contributed by atoms with Crippen molar-refractivity contribution in [3.05, 3.63) is 47.5 Å². The third-order valence-corrected chi connectivity index (χ3v) is 10.9. The second-order valence-corrected chi connectivity index (χ2v) is 13.7. The second-order valence-electron chi connectivity index (χ2n) is 13.3. The molecular formula is C33H48ClN7O3. The van der Waals surface area contributed by atoms with Crippen LogP contribution in [-0.2, 0) is 22.5 Å². The summed E-state index contributed by atoms with van der Waals surface area (Å²) < 4.78 is 7.43. The summed E-state index contributed by atoms with van der Waals surface area (Å²) in [6.45, 7) is 6.36. The van der Waals surface area contributed by atoms with Gasteiger partial charge in [0, 0.05) is 56.9 Å². The molecule has 0 radical (unpaired) electrons. The minimum Gasteiger partial charge on any atom is -0.378 e. The number of ether oxygens (including phenoxy) is 1. The maximum absolute atomic E-state index is 14.3. The van der Waals surface area contributed by atoms with Crippen molar-refractivity contribution in [1.29, 1.82) is 0 Å². The number of halogens is 1. The molecule has 4 heterocycles. The summed E-state index contributed by atoms with van der Waals surface area (Å²) >= 11 is 6.18. The number of nitrogens with one attached hydrogen (secondary N) is 1. The first-order chi connectivity index (χ1) is 21.5. The summed E-state index contributed by atoms with van der Waals surface area (Å²) in [5, 5.41) is 8.92. The Kier molecular flexibility index (Phi) is 10.4. The molecule has 4 aliphatic rings. The number of carbonyl (C=O) groups excluding carboxylic acids is 2. The van der Waals surface area contributed by atoms with E-state index in [4.69, 9.17) is 16.3 Å². The molecule has 1 atom stereocenters. The molecule has 11 heteroatoms. The third kappa shape index (κ3) is 7.57. The molecule has 240 valence electrons. The fourth-order valence-corrected chi connectivity index (χ4v) is 8.12. The number of aromatic nitrogens is 3. The smallest absolute Gasteiger partial charge is 0.320 e. The zero-order valence-corrected chi connectivity index (χ0v) is 26.7. The van der Waals surface area contributed by atoms with Crippen molar-refractivity contribution in [2.45, 2.75) is 82.8 Å². The Balaban J connectivity index is 1.11. The van der Waals surface area contributed by atoms with Gasteiger partial charge >= 0.3 is 6.03 Å². The molecule has 1 aliphatic carbocycles. The maximum Gasteiger partial charge on any atom is 0.320 e. The third-order valence-electron chi connectivity index (χ3n) is 10.6. The molecule has 0 unspecified atom stereocenters. The number of likely N-dealkylation sites (tertiary alicyclic amines) is 2. The van der Waals surface area contributed by atoms with Gasteiger partial charge in [0.1, 0.15) is 12.7 Å². The first-order valence-corrected chi connectivity index (χ1v) is 17.1. The Hall–Kier alpha value is -2.69. The van der Waals surface area contributed by atoms with Gasteiger partial charge in [0.2, 0.25) is 5.91 Å². The predicted molar refractivity (Wildman–Crippen MR) is 169 cm³/mol. The maximum atomic E-state index is 14.3. The van der Waals surface area contributed by atoms with E-state index in [0.29, 0.717) is 56.8 Å². The molecule has 0 spiro atoms. The standard InChI is InChI=1S/C33H48ClN7O3/c34-28-8-6-26(7-9-28)22-30(37-29-10-14-39(15-11-29)32(43)40-18-20-44-21-19-40)31(42)38-16-12-33(13-17-38,23-41-25-35-24-36-41)27-4-2-1-3-5-27/h6-9,24-25,27,29-30,37H,1-5,10-23H2/t30-/m1/s1. The van der Waals surface area contributed by atoms with E-state index in [1.165, 1.54) is 32.1 Å². The van der Waals surface area contributed by atoms with Gasteiger partial charge in [-0.3, -0.25) is 9.48 Å². The molecule has 3 saturated heterocycles. The molecule has 1 saturated carbocycles. The SMILES string of the molecule is O=C([C@@H](Cc1ccc(Cl)cc1)NC1CCN(C(=O)N2CCOCC2)CC1)N1CCC(Cn2cncn2)(C2CCCCC2)CC1. The largest absolute Gasteiger partial charge is 0.378 e. The van der Waals surface area contributed by atoms with E-state index in [2.05, 4.69) is 20.3 Å². The Labute approximate surface area is 266 Å². The van der Waals surface area contributed by atoms with E-state index in [1.807, 2.05) is 45.1 Å². The lowest BCUT2D eigenvalue weighted by atomic mass is 9.63. The van der Waals surface area contributed by atoms with Crippen molar-refractivity contribution in [3.63, 3.8) is 0 Å². The van der Waals surface area contributed by atoms with E-state index in [1.54, 1.807) is 6.33 Å². The van der Waals surface area contributed by atoms with Gasteiger partial charge in [0.15, 0.2) is 0 Å². The number of hydrogen-bond acceptors (Lipinski definition) is 6. The number of urea groups is 1. The molecule has 1 aromatic carbocycles. The fourth-order valence-electron chi connectivity index (χ4n) is 7.99. The molecule has 10 nitrogen and oxygen atoms in total. The summed E-state index contributed by atoms with van der Waals surface area (Å²) in [6.07, 6.45) is 14.2. The summed E-state index contributed by atoms with van der Waals surface area (Å²) in [7, 11) is 0. The van der Waals surface area contributed by atoms with Crippen LogP contribution in [0.25, 0.3) is 0 Å². The van der Waals surface area contributed by atoms with Crippen LogP contribution in [0.5, 0.6) is 0 Å². The number of piperidine rings is 2.